The minimum Gasteiger partial charge on any atom is -0.489 e. The highest BCUT2D eigenvalue weighted by Crippen LogP contribution is 2.33. The number of Topliss-reactive ketones (excluding diaryl/α,β-unsaturated/α-hetero) is 1. The molecule has 0 fully saturated rings. The van der Waals surface area contributed by atoms with Crippen LogP contribution in [0.1, 0.15) is 29.8 Å². The first-order chi connectivity index (χ1) is 12.6. The van der Waals surface area contributed by atoms with E-state index in [9.17, 15) is 9.59 Å². The van der Waals surface area contributed by atoms with Crippen LogP contribution >= 0.6 is 11.3 Å². The zero-order valence-electron chi connectivity index (χ0n) is 14.5. The fourth-order valence-electron chi connectivity index (χ4n) is 2.45. The highest BCUT2D eigenvalue weighted by atomic mass is 32.1. The molecule has 0 atom stereocenters. The van der Waals surface area contributed by atoms with Crippen molar-refractivity contribution in [3.05, 3.63) is 53.6 Å². The summed E-state index contributed by atoms with van der Waals surface area (Å²) in [5.41, 5.74) is 2.19. The molecule has 0 aliphatic carbocycles. The normalized spacial score (nSPS) is 10.5. The van der Waals surface area contributed by atoms with Crippen LogP contribution in [0.5, 0.6) is 5.75 Å². The quantitative estimate of drug-likeness (QED) is 0.638. The van der Waals surface area contributed by atoms with Crippen molar-refractivity contribution in [2.75, 3.05) is 11.9 Å². The van der Waals surface area contributed by atoms with E-state index in [0.717, 1.165) is 10.3 Å². The Bertz CT molecular complexity index is 938. The van der Waals surface area contributed by atoms with Crippen molar-refractivity contribution < 1.29 is 14.3 Å². The number of fused-ring (bicyclic) bond motifs is 1. The molecule has 0 spiro atoms. The summed E-state index contributed by atoms with van der Waals surface area (Å²) in [6.45, 7) is 4.26. The predicted octanol–water partition coefficient (Wildman–Crippen LogP) is 4.22. The van der Waals surface area contributed by atoms with E-state index >= 15 is 0 Å². The summed E-state index contributed by atoms with van der Waals surface area (Å²) >= 11 is 1.27. The van der Waals surface area contributed by atoms with Gasteiger partial charge in [-0.1, -0.05) is 41.7 Å². The van der Waals surface area contributed by atoms with Crippen molar-refractivity contribution in [2.45, 2.75) is 20.5 Å². The molecule has 3 rings (SSSR count). The van der Waals surface area contributed by atoms with Crippen LogP contribution in [-0.4, -0.2) is 23.3 Å². The van der Waals surface area contributed by atoms with Crippen LogP contribution in [-0.2, 0) is 6.61 Å². The van der Waals surface area contributed by atoms with Gasteiger partial charge in [0.2, 0.25) is 0 Å². The van der Waals surface area contributed by atoms with Crippen molar-refractivity contribution in [3.8, 4) is 5.75 Å². The number of benzene rings is 2. The largest absolute Gasteiger partial charge is 0.489 e. The second-order valence-electron chi connectivity index (χ2n) is 5.65. The van der Waals surface area contributed by atoms with Crippen LogP contribution in [0.15, 0.2) is 42.5 Å². The van der Waals surface area contributed by atoms with Crippen LogP contribution < -0.4 is 15.4 Å². The smallest absolute Gasteiger partial charge is 0.321 e. The summed E-state index contributed by atoms with van der Waals surface area (Å²) in [6, 6.07) is 13.0. The number of carbonyl (C=O) groups excluding carboxylic acids is 2. The molecule has 3 aromatic rings. The Morgan fingerprint density at radius 1 is 1.19 bits per heavy atom. The number of anilines is 1. The SMILES string of the molecule is CCNC(=O)Nc1nc2cc(OCc3ccccc3)cc(C(C)=O)c2s1. The summed E-state index contributed by atoms with van der Waals surface area (Å²) in [7, 11) is 0. The third kappa shape index (κ3) is 4.18. The minimum atomic E-state index is -0.323. The number of nitrogens with one attached hydrogen (secondary N) is 2. The highest BCUT2D eigenvalue weighted by molar-refractivity contribution is 7.22. The highest BCUT2D eigenvalue weighted by Gasteiger charge is 2.15. The predicted molar refractivity (Wildman–Crippen MR) is 103 cm³/mol. The van der Waals surface area contributed by atoms with Crippen molar-refractivity contribution in [1.82, 2.24) is 10.3 Å². The topological polar surface area (TPSA) is 80.3 Å². The van der Waals surface area contributed by atoms with Gasteiger partial charge in [-0.2, -0.15) is 0 Å². The summed E-state index contributed by atoms with van der Waals surface area (Å²) in [5.74, 6) is 0.495. The lowest BCUT2D eigenvalue weighted by Gasteiger charge is -2.08. The first kappa shape index (κ1) is 17.9. The van der Waals surface area contributed by atoms with Gasteiger partial charge < -0.3 is 10.1 Å². The van der Waals surface area contributed by atoms with Crippen LogP contribution in [0.3, 0.4) is 0 Å². The molecule has 0 unspecified atom stereocenters. The molecular formula is C19H19N3O3S. The van der Waals surface area contributed by atoms with E-state index in [2.05, 4.69) is 15.6 Å². The van der Waals surface area contributed by atoms with Gasteiger partial charge in [0, 0.05) is 18.2 Å². The zero-order valence-corrected chi connectivity index (χ0v) is 15.4. The van der Waals surface area contributed by atoms with Gasteiger partial charge in [0.05, 0.1) is 10.2 Å². The lowest BCUT2D eigenvalue weighted by molar-refractivity contribution is 0.101. The van der Waals surface area contributed by atoms with E-state index in [1.165, 1.54) is 18.3 Å². The molecule has 6 nitrogen and oxygen atoms in total. The molecule has 1 aromatic heterocycles. The Labute approximate surface area is 155 Å². The first-order valence-corrected chi connectivity index (χ1v) is 9.05. The molecule has 134 valence electrons. The maximum absolute atomic E-state index is 12.0. The average Bonchev–Trinajstić information content (AvgIpc) is 3.02. The molecule has 0 radical (unpaired) electrons. The third-order valence-corrected chi connectivity index (χ3v) is 4.67. The van der Waals surface area contributed by atoms with Crippen LogP contribution in [0.2, 0.25) is 0 Å². The number of aromatic nitrogens is 1. The first-order valence-electron chi connectivity index (χ1n) is 8.24. The Hall–Kier alpha value is -2.93. The number of hydrogen-bond acceptors (Lipinski definition) is 5. The third-order valence-electron chi connectivity index (χ3n) is 3.65. The maximum atomic E-state index is 12.0. The van der Waals surface area contributed by atoms with Crippen molar-refractivity contribution in [2.24, 2.45) is 0 Å². The van der Waals surface area contributed by atoms with E-state index < -0.39 is 0 Å². The number of urea groups is 1. The van der Waals surface area contributed by atoms with E-state index in [-0.39, 0.29) is 11.8 Å². The number of ketones is 1. The van der Waals surface area contributed by atoms with Gasteiger partial charge in [-0.15, -0.1) is 0 Å². The molecule has 2 aromatic carbocycles. The number of carbonyl (C=O) groups is 2. The molecule has 0 aliphatic rings. The Morgan fingerprint density at radius 2 is 1.96 bits per heavy atom. The number of amides is 2. The molecule has 0 aliphatic heterocycles. The fourth-order valence-corrected chi connectivity index (χ4v) is 3.45. The number of thiazole rings is 1. The molecule has 0 saturated heterocycles. The van der Waals surface area contributed by atoms with Gasteiger partial charge in [-0.25, -0.2) is 9.78 Å². The van der Waals surface area contributed by atoms with E-state index in [4.69, 9.17) is 4.74 Å². The van der Waals surface area contributed by atoms with Crippen LogP contribution in [0, 0.1) is 0 Å². The van der Waals surface area contributed by atoms with Gasteiger partial charge in [0.15, 0.2) is 10.9 Å². The molecular weight excluding hydrogens is 350 g/mol. The Kier molecular flexibility index (Phi) is 5.48. The summed E-state index contributed by atoms with van der Waals surface area (Å²) < 4.78 is 6.57. The van der Waals surface area contributed by atoms with E-state index in [1.54, 1.807) is 12.1 Å². The number of hydrogen-bond donors (Lipinski definition) is 2. The molecule has 0 bridgehead atoms. The van der Waals surface area contributed by atoms with Gasteiger partial charge in [0.25, 0.3) is 0 Å². The second-order valence-corrected chi connectivity index (χ2v) is 6.65. The lowest BCUT2D eigenvalue weighted by Crippen LogP contribution is -2.28. The average molecular weight is 369 g/mol. The summed E-state index contributed by atoms with van der Waals surface area (Å²) in [6.07, 6.45) is 0. The molecule has 7 heteroatoms. The molecule has 2 amide bonds. The number of rotatable bonds is 6. The van der Waals surface area contributed by atoms with Gasteiger partial charge in [0.1, 0.15) is 12.4 Å². The van der Waals surface area contributed by atoms with Crippen LogP contribution in [0.25, 0.3) is 10.2 Å². The second kappa shape index (κ2) is 7.97. The maximum Gasteiger partial charge on any atom is 0.321 e. The standard InChI is InChI=1S/C19H19N3O3S/c1-3-20-18(24)22-19-21-16-10-14(9-15(12(2)23)17(16)26-19)25-11-13-7-5-4-6-8-13/h4-10H,3,11H2,1-2H3,(H2,20,21,22,24). The van der Waals surface area contributed by atoms with Crippen molar-refractivity contribution >= 4 is 38.5 Å². The van der Waals surface area contributed by atoms with E-state index in [1.807, 2.05) is 37.3 Å². The minimum absolute atomic E-state index is 0.0756. The number of ether oxygens (including phenoxy) is 1. The molecule has 0 saturated carbocycles. The monoisotopic (exact) mass is 369 g/mol. The summed E-state index contributed by atoms with van der Waals surface area (Å²) in [5, 5.41) is 5.77. The fraction of sp³-hybridized carbons (Fsp3) is 0.211. The lowest BCUT2D eigenvalue weighted by atomic mass is 10.1. The molecule has 2 N–H and O–H groups in total. The van der Waals surface area contributed by atoms with Gasteiger partial charge in [-0.3, -0.25) is 10.1 Å². The van der Waals surface area contributed by atoms with Crippen LogP contribution in [0.4, 0.5) is 9.93 Å². The van der Waals surface area contributed by atoms with Crippen molar-refractivity contribution in [3.63, 3.8) is 0 Å². The Morgan fingerprint density at radius 3 is 2.65 bits per heavy atom. The number of nitrogens with zero attached hydrogens (tertiary/aromatic N) is 1. The van der Waals surface area contributed by atoms with E-state index in [0.29, 0.717) is 35.1 Å². The zero-order chi connectivity index (χ0) is 18.5. The molecule has 1 heterocycles. The summed E-state index contributed by atoms with van der Waals surface area (Å²) in [4.78, 5) is 28.1. The van der Waals surface area contributed by atoms with Gasteiger partial charge in [-0.05, 0) is 25.5 Å². The van der Waals surface area contributed by atoms with Crippen molar-refractivity contribution in [1.29, 1.82) is 0 Å². The van der Waals surface area contributed by atoms with Gasteiger partial charge >= 0.3 is 6.03 Å². The Balaban J connectivity index is 1.88. The molecule has 26 heavy (non-hydrogen) atoms.